The summed E-state index contributed by atoms with van der Waals surface area (Å²) in [4.78, 5) is 0. The van der Waals surface area contributed by atoms with E-state index in [0.29, 0.717) is 5.41 Å². The van der Waals surface area contributed by atoms with Crippen LogP contribution in [0.4, 0.5) is 0 Å². The summed E-state index contributed by atoms with van der Waals surface area (Å²) >= 11 is 0. The summed E-state index contributed by atoms with van der Waals surface area (Å²) in [6, 6.07) is 0. The maximum atomic E-state index is 5.95. The van der Waals surface area contributed by atoms with E-state index in [1.54, 1.807) is 0 Å². The molecule has 0 spiro atoms. The minimum absolute atomic E-state index is 0.488. The molecule has 2 fully saturated rings. The Morgan fingerprint density at radius 2 is 1.65 bits per heavy atom. The molecule has 2 rings (SSSR count). The SMILES string of the molecule is C=CCOCC1(CCCCCC)CCC(C2CCCCC2)CC1. The highest BCUT2D eigenvalue weighted by molar-refractivity contribution is 4.88. The van der Waals surface area contributed by atoms with Gasteiger partial charge in [-0.25, -0.2) is 0 Å². The maximum Gasteiger partial charge on any atom is 0.0645 e. The first-order valence-corrected chi connectivity index (χ1v) is 10.5. The summed E-state index contributed by atoms with van der Waals surface area (Å²) in [7, 11) is 0. The second-order valence-electron chi connectivity index (χ2n) is 8.35. The van der Waals surface area contributed by atoms with Gasteiger partial charge in [0, 0.05) is 0 Å². The van der Waals surface area contributed by atoms with Crippen LogP contribution in [-0.2, 0) is 4.74 Å². The molecule has 0 aromatic carbocycles. The average molecular weight is 321 g/mol. The van der Waals surface area contributed by atoms with Crippen molar-refractivity contribution < 1.29 is 4.74 Å². The Hall–Kier alpha value is -0.300. The van der Waals surface area contributed by atoms with Gasteiger partial charge in [0.15, 0.2) is 0 Å². The first-order chi connectivity index (χ1) is 11.3. The molecule has 0 aliphatic heterocycles. The number of hydrogen-bond acceptors (Lipinski definition) is 1. The zero-order chi connectivity index (χ0) is 16.4. The van der Waals surface area contributed by atoms with Crippen LogP contribution in [0.5, 0.6) is 0 Å². The molecule has 134 valence electrons. The van der Waals surface area contributed by atoms with Gasteiger partial charge >= 0.3 is 0 Å². The van der Waals surface area contributed by atoms with Gasteiger partial charge in [0.05, 0.1) is 13.2 Å². The third-order valence-corrected chi connectivity index (χ3v) is 6.61. The van der Waals surface area contributed by atoms with Crippen LogP contribution >= 0.6 is 0 Å². The Labute approximate surface area is 145 Å². The van der Waals surface area contributed by atoms with E-state index in [9.17, 15) is 0 Å². The van der Waals surface area contributed by atoms with Crippen LogP contribution in [0.1, 0.15) is 96.8 Å². The first kappa shape index (κ1) is 19.0. The first-order valence-electron chi connectivity index (χ1n) is 10.5. The van der Waals surface area contributed by atoms with Gasteiger partial charge in [-0.05, 0) is 49.4 Å². The van der Waals surface area contributed by atoms with Crippen molar-refractivity contribution in [2.24, 2.45) is 17.3 Å². The molecule has 0 bridgehead atoms. The Kier molecular flexibility index (Phi) is 8.72. The number of hydrogen-bond donors (Lipinski definition) is 0. The van der Waals surface area contributed by atoms with Crippen LogP contribution in [0.3, 0.4) is 0 Å². The normalized spacial score (nSPS) is 29.5. The fourth-order valence-electron chi connectivity index (χ4n) is 5.08. The molecule has 0 N–H and O–H groups in total. The lowest BCUT2D eigenvalue weighted by Gasteiger charge is -2.43. The molecule has 0 saturated heterocycles. The standard InChI is InChI=1S/C22H40O/c1-3-5-6-10-15-22(19-23-18-4-2)16-13-21(14-17-22)20-11-8-7-9-12-20/h4,20-21H,2-3,5-19H2,1H3. The molecule has 2 aliphatic rings. The molecule has 23 heavy (non-hydrogen) atoms. The summed E-state index contributed by atoms with van der Waals surface area (Å²) in [6.07, 6.45) is 22.1. The highest BCUT2D eigenvalue weighted by Gasteiger charge is 2.37. The van der Waals surface area contributed by atoms with Gasteiger partial charge in [-0.3, -0.25) is 0 Å². The van der Waals surface area contributed by atoms with E-state index in [-0.39, 0.29) is 0 Å². The quantitative estimate of drug-likeness (QED) is 0.313. The lowest BCUT2D eigenvalue weighted by atomic mass is 9.64. The van der Waals surface area contributed by atoms with Gasteiger partial charge < -0.3 is 4.74 Å². The second-order valence-corrected chi connectivity index (χ2v) is 8.35. The summed E-state index contributed by atoms with van der Waals surface area (Å²) in [5.41, 5.74) is 0.488. The van der Waals surface area contributed by atoms with Crippen LogP contribution in [0.15, 0.2) is 12.7 Å². The number of rotatable bonds is 10. The van der Waals surface area contributed by atoms with Crippen LogP contribution in [0.25, 0.3) is 0 Å². The van der Waals surface area contributed by atoms with E-state index in [1.807, 2.05) is 6.08 Å². The third kappa shape index (κ3) is 6.25. The summed E-state index contributed by atoms with van der Waals surface area (Å²) < 4.78 is 5.95. The third-order valence-electron chi connectivity index (χ3n) is 6.61. The Morgan fingerprint density at radius 1 is 0.957 bits per heavy atom. The zero-order valence-electron chi connectivity index (χ0n) is 15.7. The zero-order valence-corrected chi connectivity index (χ0v) is 15.7. The molecule has 0 atom stereocenters. The Bertz CT molecular complexity index is 308. The van der Waals surface area contributed by atoms with Crippen LogP contribution in [0.2, 0.25) is 0 Å². The van der Waals surface area contributed by atoms with Crippen molar-refractivity contribution in [3.8, 4) is 0 Å². The van der Waals surface area contributed by atoms with Gasteiger partial charge in [-0.15, -0.1) is 6.58 Å². The summed E-state index contributed by atoms with van der Waals surface area (Å²) in [5.74, 6) is 2.08. The summed E-state index contributed by atoms with van der Waals surface area (Å²) in [6.45, 7) is 7.80. The van der Waals surface area contributed by atoms with Gasteiger partial charge in [0.1, 0.15) is 0 Å². The van der Waals surface area contributed by atoms with Gasteiger partial charge in [0.2, 0.25) is 0 Å². The molecule has 2 aliphatic carbocycles. The average Bonchev–Trinajstić information content (AvgIpc) is 2.61. The minimum Gasteiger partial charge on any atom is -0.377 e. The van der Waals surface area contributed by atoms with Crippen molar-refractivity contribution in [1.29, 1.82) is 0 Å². The fourth-order valence-corrected chi connectivity index (χ4v) is 5.08. The van der Waals surface area contributed by atoms with Gasteiger partial charge in [-0.1, -0.05) is 70.8 Å². The van der Waals surface area contributed by atoms with E-state index in [4.69, 9.17) is 4.74 Å². The number of ether oxygens (including phenoxy) is 1. The van der Waals surface area contributed by atoms with E-state index in [1.165, 1.54) is 89.9 Å². The van der Waals surface area contributed by atoms with E-state index in [2.05, 4.69) is 13.5 Å². The molecule has 0 radical (unpaired) electrons. The molecule has 1 nitrogen and oxygen atoms in total. The topological polar surface area (TPSA) is 9.23 Å². The number of unbranched alkanes of at least 4 members (excludes halogenated alkanes) is 3. The molecule has 1 heteroatoms. The lowest BCUT2D eigenvalue weighted by Crippen LogP contribution is -2.34. The predicted molar refractivity (Wildman–Crippen MR) is 101 cm³/mol. The van der Waals surface area contributed by atoms with E-state index < -0.39 is 0 Å². The highest BCUT2D eigenvalue weighted by Crippen LogP contribution is 2.47. The van der Waals surface area contributed by atoms with Crippen molar-refractivity contribution in [2.45, 2.75) is 96.8 Å². The molecular formula is C22H40O. The van der Waals surface area contributed by atoms with E-state index >= 15 is 0 Å². The fraction of sp³-hybridized carbons (Fsp3) is 0.909. The van der Waals surface area contributed by atoms with Crippen LogP contribution < -0.4 is 0 Å². The lowest BCUT2D eigenvalue weighted by molar-refractivity contribution is 0.00341. The second kappa shape index (κ2) is 10.5. The predicted octanol–water partition coefficient (Wildman–Crippen LogP) is 6.92. The summed E-state index contributed by atoms with van der Waals surface area (Å²) in [5, 5.41) is 0. The monoisotopic (exact) mass is 320 g/mol. The largest absolute Gasteiger partial charge is 0.377 e. The van der Waals surface area contributed by atoms with Crippen LogP contribution in [0, 0.1) is 17.3 Å². The smallest absolute Gasteiger partial charge is 0.0645 e. The molecule has 0 aromatic heterocycles. The van der Waals surface area contributed by atoms with Crippen molar-refractivity contribution in [1.82, 2.24) is 0 Å². The molecule has 0 amide bonds. The highest BCUT2D eigenvalue weighted by atomic mass is 16.5. The van der Waals surface area contributed by atoms with Crippen LogP contribution in [-0.4, -0.2) is 13.2 Å². The van der Waals surface area contributed by atoms with Crippen molar-refractivity contribution in [3.05, 3.63) is 12.7 Å². The molecule has 0 heterocycles. The van der Waals surface area contributed by atoms with Crippen molar-refractivity contribution in [2.75, 3.05) is 13.2 Å². The van der Waals surface area contributed by atoms with Crippen molar-refractivity contribution >= 4 is 0 Å². The molecule has 0 unspecified atom stereocenters. The van der Waals surface area contributed by atoms with Gasteiger partial charge in [0.25, 0.3) is 0 Å². The molecular weight excluding hydrogens is 280 g/mol. The Morgan fingerprint density at radius 3 is 2.30 bits per heavy atom. The molecule has 0 aromatic rings. The minimum atomic E-state index is 0.488. The van der Waals surface area contributed by atoms with Gasteiger partial charge in [-0.2, -0.15) is 0 Å². The molecule has 2 saturated carbocycles. The van der Waals surface area contributed by atoms with Crippen molar-refractivity contribution in [3.63, 3.8) is 0 Å². The maximum absolute atomic E-state index is 5.95. The Balaban J connectivity index is 1.81. The van der Waals surface area contributed by atoms with E-state index in [0.717, 1.165) is 25.0 Å².